The molecule has 0 aliphatic carbocycles. The van der Waals surface area contributed by atoms with E-state index in [1.165, 1.54) is 6.07 Å². The van der Waals surface area contributed by atoms with Gasteiger partial charge >= 0.3 is 0 Å². The van der Waals surface area contributed by atoms with Crippen LogP contribution in [0.15, 0.2) is 12.1 Å². The van der Waals surface area contributed by atoms with Gasteiger partial charge in [0.15, 0.2) is 0 Å². The molecule has 1 aromatic rings. The average Bonchev–Trinajstić information content (AvgIpc) is 1.94. The van der Waals surface area contributed by atoms with Crippen molar-refractivity contribution in [1.29, 1.82) is 0 Å². The second-order valence-electron chi connectivity index (χ2n) is 1.72. The van der Waals surface area contributed by atoms with Crippen molar-refractivity contribution in [2.24, 2.45) is 0 Å². The Hall–Kier alpha value is -0.670. The molecule has 0 radical (unpaired) electrons. The van der Waals surface area contributed by atoms with Gasteiger partial charge in [0.2, 0.25) is 5.95 Å². The number of rotatable bonds is 1. The van der Waals surface area contributed by atoms with Crippen molar-refractivity contribution in [3.8, 4) is 0 Å². The van der Waals surface area contributed by atoms with Gasteiger partial charge in [0, 0.05) is 0 Å². The molecule has 54 valence electrons. The molecule has 1 aromatic heterocycles. The average molecular weight is 162 g/mol. The van der Waals surface area contributed by atoms with Crippen molar-refractivity contribution in [3.63, 3.8) is 0 Å². The predicted octanol–water partition coefficient (Wildman–Crippen LogP) is 1.37. The van der Waals surface area contributed by atoms with E-state index in [1.54, 1.807) is 0 Å². The van der Waals surface area contributed by atoms with Crippen LogP contribution in [0.5, 0.6) is 0 Å². The molecule has 2 nitrogen and oxygen atoms in total. The SMILES string of the molecule is OCc1nc(F)ccc1Cl. The van der Waals surface area contributed by atoms with E-state index in [0.717, 1.165) is 6.07 Å². The quantitative estimate of drug-likeness (QED) is 0.631. The summed E-state index contributed by atoms with van der Waals surface area (Å²) in [7, 11) is 0. The first kappa shape index (κ1) is 7.44. The highest BCUT2D eigenvalue weighted by atomic mass is 35.5. The van der Waals surface area contributed by atoms with Gasteiger partial charge in [-0.05, 0) is 12.1 Å². The second kappa shape index (κ2) is 2.94. The second-order valence-corrected chi connectivity index (χ2v) is 2.13. The Labute approximate surface area is 62.3 Å². The first-order valence-electron chi connectivity index (χ1n) is 2.66. The van der Waals surface area contributed by atoms with Crippen molar-refractivity contribution < 1.29 is 9.50 Å². The zero-order valence-corrected chi connectivity index (χ0v) is 5.77. The Morgan fingerprint density at radius 1 is 1.60 bits per heavy atom. The smallest absolute Gasteiger partial charge is 0.213 e. The van der Waals surface area contributed by atoms with E-state index in [1.807, 2.05) is 0 Å². The molecule has 0 amide bonds. The highest BCUT2D eigenvalue weighted by Crippen LogP contribution is 2.12. The Balaban J connectivity index is 3.09. The lowest BCUT2D eigenvalue weighted by Crippen LogP contribution is -1.92. The van der Waals surface area contributed by atoms with Gasteiger partial charge in [-0.2, -0.15) is 4.39 Å². The van der Waals surface area contributed by atoms with Crippen molar-refractivity contribution >= 4 is 11.6 Å². The molecule has 10 heavy (non-hydrogen) atoms. The Morgan fingerprint density at radius 2 is 2.30 bits per heavy atom. The van der Waals surface area contributed by atoms with Gasteiger partial charge in [-0.15, -0.1) is 0 Å². The van der Waals surface area contributed by atoms with Crippen LogP contribution >= 0.6 is 11.6 Å². The third-order valence-electron chi connectivity index (χ3n) is 1.03. The molecule has 0 atom stereocenters. The molecule has 0 aliphatic heterocycles. The van der Waals surface area contributed by atoms with Crippen molar-refractivity contribution in [3.05, 3.63) is 28.8 Å². The molecule has 0 unspecified atom stereocenters. The zero-order valence-electron chi connectivity index (χ0n) is 5.01. The van der Waals surface area contributed by atoms with E-state index in [0.29, 0.717) is 0 Å². The molecule has 0 aromatic carbocycles. The summed E-state index contributed by atoms with van der Waals surface area (Å²) in [4.78, 5) is 3.34. The van der Waals surface area contributed by atoms with Crippen molar-refractivity contribution in [1.82, 2.24) is 4.98 Å². The fourth-order valence-corrected chi connectivity index (χ4v) is 0.734. The molecule has 4 heteroatoms. The molecule has 0 bridgehead atoms. The standard InChI is InChI=1S/C6H5ClFNO/c7-4-1-2-6(8)9-5(4)3-10/h1-2,10H,3H2. The monoisotopic (exact) mass is 161 g/mol. The van der Waals surface area contributed by atoms with Gasteiger partial charge in [-0.3, -0.25) is 0 Å². The molecule has 1 rings (SSSR count). The normalized spacial score (nSPS) is 9.90. The lowest BCUT2D eigenvalue weighted by Gasteiger charge is -1.96. The number of pyridine rings is 1. The summed E-state index contributed by atoms with van der Waals surface area (Å²) in [6, 6.07) is 2.50. The van der Waals surface area contributed by atoms with Crippen LogP contribution < -0.4 is 0 Å². The maximum Gasteiger partial charge on any atom is 0.213 e. The number of aliphatic hydroxyl groups excluding tert-OH is 1. The van der Waals surface area contributed by atoms with Gasteiger partial charge < -0.3 is 5.11 Å². The van der Waals surface area contributed by atoms with E-state index in [-0.39, 0.29) is 17.3 Å². The minimum atomic E-state index is -0.631. The molecule has 0 saturated carbocycles. The van der Waals surface area contributed by atoms with Crippen LogP contribution in [0.1, 0.15) is 5.69 Å². The van der Waals surface area contributed by atoms with Crippen molar-refractivity contribution in [2.75, 3.05) is 0 Å². The summed E-state index contributed by atoms with van der Waals surface area (Å²) in [5.74, 6) is -0.631. The Bertz CT molecular complexity index is 241. The van der Waals surface area contributed by atoms with Crippen LogP contribution in [0.3, 0.4) is 0 Å². The van der Waals surface area contributed by atoms with Gasteiger partial charge in [0.05, 0.1) is 17.3 Å². The van der Waals surface area contributed by atoms with E-state index in [9.17, 15) is 4.39 Å². The fraction of sp³-hybridized carbons (Fsp3) is 0.167. The summed E-state index contributed by atoms with van der Waals surface area (Å²) < 4.78 is 12.3. The zero-order chi connectivity index (χ0) is 7.56. The van der Waals surface area contributed by atoms with E-state index in [4.69, 9.17) is 16.7 Å². The maximum atomic E-state index is 12.3. The Morgan fingerprint density at radius 3 is 2.80 bits per heavy atom. The number of hydrogen-bond donors (Lipinski definition) is 1. The van der Waals surface area contributed by atoms with Crippen LogP contribution in [0.2, 0.25) is 5.02 Å². The molecule has 0 saturated heterocycles. The topological polar surface area (TPSA) is 33.1 Å². The van der Waals surface area contributed by atoms with Gasteiger partial charge in [0.1, 0.15) is 0 Å². The molecule has 1 heterocycles. The van der Waals surface area contributed by atoms with Crippen LogP contribution in [0.4, 0.5) is 4.39 Å². The maximum absolute atomic E-state index is 12.3. The number of aliphatic hydroxyl groups is 1. The first-order valence-corrected chi connectivity index (χ1v) is 3.03. The molecular weight excluding hydrogens is 157 g/mol. The molecule has 0 aliphatic rings. The van der Waals surface area contributed by atoms with E-state index < -0.39 is 5.95 Å². The van der Waals surface area contributed by atoms with Crippen molar-refractivity contribution in [2.45, 2.75) is 6.61 Å². The number of hydrogen-bond acceptors (Lipinski definition) is 2. The predicted molar refractivity (Wildman–Crippen MR) is 35.1 cm³/mol. The first-order chi connectivity index (χ1) is 4.74. The number of aromatic nitrogens is 1. The summed E-state index contributed by atoms with van der Waals surface area (Å²) in [5.41, 5.74) is 0.168. The lowest BCUT2D eigenvalue weighted by atomic mass is 10.4. The van der Waals surface area contributed by atoms with Gasteiger partial charge in [0.25, 0.3) is 0 Å². The summed E-state index contributed by atoms with van der Waals surface area (Å²) in [6.45, 7) is -0.337. The summed E-state index contributed by atoms with van der Waals surface area (Å²) in [5, 5.41) is 8.81. The Kier molecular flexibility index (Phi) is 2.19. The van der Waals surface area contributed by atoms with Crippen LogP contribution in [-0.4, -0.2) is 10.1 Å². The fourth-order valence-electron chi connectivity index (χ4n) is 0.569. The number of halogens is 2. The summed E-state index contributed by atoms with van der Waals surface area (Å²) >= 11 is 5.51. The van der Waals surface area contributed by atoms with E-state index in [2.05, 4.69) is 4.98 Å². The molecule has 1 N–H and O–H groups in total. The number of nitrogens with zero attached hydrogens (tertiary/aromatic N) is 1. The minimum absolute atomic E-state index is 0.168. The van der Waals surface area contributed by atoms with E-state index >= 15 is 0 Å². The third-order valence-corrected chi connectivity index (χ3v) is 1.38. The molecule has 0 fully saturated rings. The summed E-state index contributed by atoms with van der Waals surface area (Å²) in [6.07, 6.45) is 0. The largest absolute Gasteiger partial charge is 0.390 e. The van der Waals surface area contributed by atoms with Crippen LogP contribution in [-0.2, 0) is 6.61 Å². The van der Waals surface area contributed by atoms with Crippen LogP contribution in [0, 0.1) is 5.95 Å². The highest BCUT2D eigenvalue weighted by Gasteiger charge is 2.00. The third kappa shape index (κ3) is 1.43. The lowest BCUT2D eigenvalue weighted by molar-refractivity contribution is 0.275. The molecule has 0 spiro atoms. The minimum Gasteiger partial charge on any atom is -0.390 e. The molecular formula is C6H5ClFNO. The van der Waals surface area contributed by atoms with Gasteiger partial charge in [-0.1, -0.05) is 11.6 Å². The van der Waals surface area contributed by atoms with Gasteiger partial charge in [-0.25, -0.2) is 4.98 Å². The van der Waals surface area contributed by atoms with Crippen LogP contribution in [0.25, 0.3) is 0 Å². The highest BCUT2D eigenvalue weighted by molar-refractivity contribution is 6.31.